The molecule has 0 spiro atoms. The third-order valence-corrected chi connectivity index (χ3v) is 5.69. The Balaban J connectivity index is 1.77. The molecule has 0 aliphatic heterocycles. The lowest BCUT2D eigenvalue weighted by molar-refractivity contribution is -0.122. The maximum absolute atomic E-state index is 12.8. The minimum absolute atomic E-state index is 0.00881. The molecule has 1 fully saturated rings. The van der Waals surface area contributed by atoms with Crippen LogP contribution < -0.4 is 0 Å². The van der Waals surface area contributed by atoms with Crippen LogP contribution in [0.1, 0.15) is 68.6 Å². The van der Waals surface area contributed by atoms with Crippen LogP contribution in [0.3, 0.4) is 0 Å². The van der Waals surface area contributed by atoms with Crippen molar-refractivity contribution in [1.29, 1.82) is 0 Å². The van der Waals surface area contributed by atoms with Crippen molar-refractivity contribution in [2.75, 3.05) is 0 Å². The van der Waals surface area contributed by atoms with Crippen molar-refractivity contribution >= 4 is 11.6 Å². The highest BCUT2D eigenvalue weighted by Crippen LogP contribution is 2.48. The molecule has 0 amide bonds. The summed E-state index contributed by atoms with van der Waals surface area (Å²) in [5, 5.41) is 0. The Hall–Kier alpha value is -1.70. The molecule has 2 aliphatic carbocycles. The van der Waals surface area contributed by atoms with Gasteiger partial charge in [-0.05, 0) is 43.9 Å². The molecule has 0 bridgehead atoms. The van der Waals surface area contributed by atoms with Gasteiger partial charge in [-0.25, -0.2) is 0 Å². The van der Waals surface area contributed by atoms with Crippen molar-refractivity contribution in [3.8, 4) is 0 Å². The summed E-state index contributed by atoms with van der Waals surface area (Å²) in [6.45, 7) is 2.13. The molecular formula is C22H28O2. The second-order valence-corrected chi connectivity index (χ2v) is 7.37. The SMILES string of the molecule is CCCCC(=O)C1C2=CCCCC2CC1CC(=O)c1ccccc1. The lowest BCUT2D eigenvalue weighted by atomic mass is 9.81. The maximum Gasteiger partial charge on any atom is 0.163 e. The van der Waals surface area contributed by atoms with Crippen LogP contribution in [0.4, 0.5) is 0 Å². The van der Waals surface area contributed by atoms with Crippen molar-refractivity contribution in [2.45, 2.75) is 58.3 Å². The van der Waals surface area contributed by atoms with Crippen LogP contribution in [-0.2, 0) is 4.79 Å². The number of allylic oxidation sites excluding steroid dienone is 2. The van der Waals surface area contributed by atoms with Crippen molar-refractivity contribution in [2.24, 2.45) is 17.8 Å². The third-order valence-electron chi connectivity index (χ3n) is 5.69. The van der Waals surface area contributed by atoms with Gasteiger partial charge in [-0.3, -0.25) is 9.59 Å². The van der Waals surface area contributed by atoms with Gasteiger partial charge in [0.1, 0.15) is 5.78 Å². The molecule has 128 valence electrons. The molecule has 2 nitrogen and oxygen atoms in total. The number of hydrogen-bond acceptors (Lipinski definition) is 2. The van der Waals surface area contributed by atoms with Gasteiger partial charge in [0, 0.05) is 24.3 Å². The van der Waals surface area contributed by atoms with Gasteiger partial charge in [0.25, 0.3) is 0 Å². The standard InChI is InChI=1S/C22H28O2/c1-2-3-13-20(23)22-18(14-17-11-7-8-12-19(17)22)15-21(24)16-9-5-4-6-10-16/h4-6,9-10,12,17-18,22H,2-3,7-8,11,13-15H2,1H3. The first-order valence-electron chi connectivity index (χ1n) is 9.51. The largest absolute Gasteiger partial charge is 0.299 e. The van der Waals surface area contributed by atoms with E-state index >= 15 is 0 Å². The molecule has 24 heavy (non-hydrogen) atoms. The van der Waals surface area contributed by atoms with E-state index in [4.69, 9.17) is 0 Å². The monoisotopic (exact) mass is 324 g/mol. The predicted octanol–water partition coefficient (Wildman–Crippen LogP) is 5.38. The van der Waals surface area contributed by atoms with E-state index in [1.165, 1.54) is 18.4 Å². The average molecular weight is 324 g/mol. The Morgan fingerprint density at radius 1 is 1.17 bits per heavy atom. The van der Waals surface area contributed by atoms with Gasteiger partial charge in [0.05, 0.1) is 0 Å². The second kappa shape index (κ2) is 7.92. The van der Waals surface area contributed by atoms with E-state index in [0.29, 0.717) is 24.5 Å². The molecule has 0 N–H and O–H groups in total. The Bertz CT molecular complexity index is 614. The van der Waals surface area contributed by atoms with E-state index in [-0.39, 0.29) is 17.6 Å². The molecule has 1 aromatic carbocycles. The number of hydrogen-bond donors (Lipinski definition) is 0. The van der Waals surface area contributed by atoms with Crippen LogP contribution in [-0.4, -0.2) is 11.6 Å². The maximum atomic E-state index is 12.8. The smallest absolute Gasteiger partial charge is 0.163 e. The molecule has 3 unspecified atom stereocenters. The van der Waals surface area contributed by atoms with Crippen molar-refractivity contribution < 1.29 is 9.59 Å². The Labute approximate surface area is 145 Å². The Morgan fingerprint density at radius 3 is 2.71 bits per heavy atom. The van der Waals surface area contributed by atoms with Gasteiger partial charge in [-0.1, -0.05) is 55.3 Å². The van der Waals surface area contributed by atoms with Crippen LogP contribution in [0.25, 0.3) is 0 Å². The Morgan fingerprint density at radius 2 is 1.96 bits per heavy atom. The predicted molar refractivity (Wildman–Crippen MR) is 96.9 cm³/mol. The fourth-order valence-corrected chi connectivity index (χ4v) is 4.51. The Kier molecular flexibility index (Phi) is 5.65. The number of unbranched alkanes of at least 4 members (excludes halogenated alkanes) is 1. The summed E-state index contributed by atoms with van der Waals surface area (Å²) in [6.07, 6.45) is 10.1. The molecule has 2 aliphatic rings. The summed E-state index contributed by atoms with van der Waals surface area (Å²) in [6, 6.07) is 9.53. The summed E-state index contributed by atoms with van der Waals surface area (Å²) < 4.78 is 0. The minimum atomic E-state index is 0.00881. The lowest BCUT2D eigenvalue weighted by Gasteiger charge is -2.22. The zero-order valence-corrected chi connectivity index (χ0v) is 14.7. The summed E-state index contributed by atoms with van der Waals surface area (Å²) in [4.78, 5) is 25.5. The van der Waals surface area contributed by atoms with Crippen LogP contribution >= 0.6 is 0 Å². The number of rotatable bonds is 7. The lowest BCUT2D eigenvalue weighted by Crippen LogP contribution is -2.23. The summed E-state index contributed by atoms with van der Waals surface area (Å²) >= 11 is 0. The van der Waals surface area contributed by atoms with E-state index in [2.05, 4.69) is 13.0 Å². The third kappa shape index (κ3) is 3.68. The van der Waals surface area contributed by atoms with E-state index in [1.807, 2.05) is 30.3 Å². The topological polar surface area (TPSA) is 34.1 Å². The van der Waals surface area contributed by atoms with Gasteiger partial charge in [0.15, 0.2) is 5.78 Å². The van der Waals surface area contributed by atoms with Gasteiger partial charge in [0.2, 0.25) is 0 Å². The second-order valence-electron chi connectivity index (χ2n) is 7.37. The molecule has 3 atom stereocenters. The number of carbonyl (C=O) groups is 2. The van der Waals surface area contributed by atoms with E-state index in [9.17, 15) is 9.59 Å². The zero-order chi connectivity index (χ0) is 16.9. The van der Waals surface area contributed by atoms with Crippen molar-refractivity contribution in [3.63, 3.8) is 0 Å². The van der Waals surface area contributed by atoms with Crippen LogP contribution in [0.5, 0.6) is 0 Å². The molecule has 0 saturated heterocycles. The fourth-order valence-electron chi connectivity index (χ4n) is 4.51. The van der Waals surface area contributed by atoms with E-state index < -0.39 is 0 Å². The minimum Gasteiger partial charge on any atom is -0.299 e. The zero-order valence-electron chi connectivity index (χ0n) is 14.7. The fraction of sp³-hybridized carbons (Fsp3) is 0.545. The molecule has 0 aromatic heterocycles. The first-order chi connectivity index (χ1) is 11.7. The van der Waals surface area contributed by atoms with Gasteiger partial charge in [-0.15, -0.1) is 0 Å². The molecule has 0 radical (unpaired) electrons. The summed E-state index contributed by atoms with van der Waals surface area (Å²) in [7, 11) is 0. The highest BCUT2D eigenvalue weighted by atomic mass is 16.1. The van der Waals surface area contributed by atoms with E-state index in [1.54, 1.807) is 0 Å². The molecular weight excluding hydrogens is 296 g/mol. The highest BCUT2D eigenvalue weighted by Gasteiger charge is 2.43. The first-order valence-corrected chi connectivity index (χ1v) is 9.51. The van der Waals surface area contributed by atoms with Gasteiger partial charge in [-0.2, -0.15) is 0 Å². The number of carbonyl (C=O) groups excluding carboxylic acids is 2. The van der Waals surface area contributed by atoms with Crippen molar-refractivity contribution in [1.82, 2.24) is 0 Å². The summed E-state index contributed by atoms with van der Waals surface area (Å²) in [5.74, 6) is 1.32. The summed E-state index contributed by atoms with van der Waals surface area (Å²) in [5.41, 5.74) is 2.15. The van der Waals surface area contributed by atoms with E-state index in [0.717, 1.165) is 31.2 Å². The number of fused-ring (bicyclic) bond motifs is 1. The van der Waals surface area contributed by atoms with Gasteiger partial charge < -0.3 is 0 Å². The first kappa shape index (κ1) is 17.1. The normalized spacial score (nSPS) is 25.9. The van der Waals surface area contributed by atoms with Crippen molar-refractivity contribution in [3.05, 3.63) is 47.5 Å². The van der Waals surface area contributed by atoms with Crippen LogP contribution in [0, 0.1) is 17.8 Å². The molecule has 0 heterocycles. The molecule has 1 saturated carbocycles. The van der Waals surface area contributed by atoms with Crippen LogP contribution in [0.2, 0.25) is 0 Å². The molecule has 1 aromatic rings. The highest BCUT2D eigenvalue weighted by molar-refractivity contribution is 5.97. The molecule has 2 heteroatoms. The number of benzene rings is 1. The molecule has 3 rings (SSSR count). The van der Waals surface area contributed by atoms with Gasteiger partial charge >= 0.3 is 0 Å². The average Bonchev–Trinajstić information content (AvgIpc) is 2.98. The number of ketones is 2. The quantitative estimate of drug-likeness (QED) is 0.498. The van der Waals surface area contributed by atoms with Crippen LogP contribution in [0.15, 0.2) is 42.0 Å². The number of Topliss-reactive ketones (excluding diaryl/α,β-unsaturated/α-hetero) is 2.